The van der Waals surface area contributed by atoms with Crippen molar-refractivity contribution in [2.24, 2.45) is 5.73 Å². The summed E-state index contributed by atoms with van der Waals surface area (Å²) >= 11 is 0. The number of rotatable bonds is 1. The molecule has 0 radical (unpaired) electrons. The fraction of sp³-hybridized carbons (Fsp3) is 0.500. The Bertz CT molecular complexity index is 298. The molecular formula is C10H15N3. The van der Waals surface area contributed by atoms with E-state index in [1.54, 1.807) is 0 Å². The lowest BCUT2D eigenvalue weighted by Gasteiger charge is -2.19. The van der Waals surface area contributed by atoms with Crippen LogP contribution in [0.15, 0.2) is 18.5 Å². The zero-order chi connectivity index (χ0) is 9.26. The van der Waals surface area contributed by atoms with Crippen LogP contribution in [0.5, 0.6) is 0 Å². The molecule has 2 heterocycles. The third kappa shape index (κ3) is 1.65. The molecule has 1 atom stereocenters. The summed E-state index contributed by atoms with van der Waals surface area (Å²) < 4.78 is 0. The van der Waals surface area contributed by atoms with Crippen molar-refractivity contribution in [3.8, 4) is 0 Å². The number of aromatic nitrogens is 1. The first-order valence-corrected chi connectivity index (χ1v) is 4.68. The third-order valence-corrected chi connectivity index (χ3v) is 2.58. The van der Waals surface area contributed by atoms with Gasteiger partial charge >= 0.3 is 0 Å². The van der Waals surface area contributed by atoms with Crippen LogP contribution in [0.1, 0.15) is 12.0 Å². The molecule has 3 nitrogen and oxygen atoms in total. The first kappa shape index (κ1) is 8.51. The maximum Gasteiger partial charge on any atom is 0.0582 e. The number of aryl methyl sites for hydroxylation is 1. The standard InChI is InChI=1S/C10H15N3/c1-8-2-4-12-6-10(8)13-5-3-9(11)7-13/h2,4,6,9H,3,5,7,11H2,1H3. The van der Waals surface area contributed by atoms with E-state index in [9.17, 15) is 0 Å². The molecular weight excluding hydrogens is 162 g/mol. The Kier molecular flexibility index (Phi) is 2.19. The predicted molar refractivity (Wildman–Crippen MR) is 53.8 cm³/mol. The highest BCUT2D eigenvalue weighted by atomic mass is 15.2. The summed E-state index contributed by atoms with van der Waals surface area (Å²) in [5.41, 5.74) is 8.36. The van der Waals surface area contributed by atoms with Gasteiger partial charge in [0.1, 0.15) is 0 Å². The van der Waals surface area contributed by atoms with Crippen molar-refractivity contribution in [2.75, 3.05) is 18.0 Å². The Morgan fingerprint density at radius 2 is 2.46 bits per heavy atom. The molecule has 0 bridgehead atoms. The lowest BCUT2D eigenvalue weighted by atomic mass is 10.2. The second-order valence-electron chi connectivity index (χ2n) is 3.66. The number of hydrogen-bond donors (Lipinski definition) is 1. The van der Waals surface area contributed by atoms with Crippen LogP contribution in [0, 0.1) is 6.92 Å². The molecule has 0 spiro atoms. The van der Waals surface area contributed by atoms with Crippen molar-refractivity contribution in [2.45, 2.75) is 19.4 Å². The number of anilines is 1. The SMILES string of the molecule is Cc1ccncc1N1CCC(N)C1. The highest BCUT2D eigenvalue weighted by Gasteiger charge is 2.20. The van der Waals surface area contributed by atoms with E-state index in [4.69, 9.17) is 5.73 Å². The summed E-state index contributed by atoms with van der Waals surface area (Å²) in [7, 11) is 0. The highest BCUT2D eigenvalue weighted by Crippen LogP contribution is 2.21. The van der Waals surface area contributed by atoms with Crippen LogP contribution in [0.3, 0.4) is 0 Å². The predicted octanol–water partition coefficient (Wildman–Crippen LogP) is 0.927. The summed E-state index contributed by atoms with van der Waals surface area (Å²) in [6, 6.07) is 2.37. The van der Waals surface area contributed by atoms with E-state index < -0.39 is 0 Å². The van der Waals surface area contributed by atoms with Crippen LogP contribution in [-0.4, -0.2) is 24.1 Å². The molecule has 70 valence electrons. The van der Waals surface area contributed by atoms with E-state index in [0.717, 1.165) is 19.5 Å². The van der Waals surface area contributed by atoms with Gasteiger partial charge in [-0.05, 0) is 25.0 Å². The molecule has 1 unspecified atom stereocenters. The number of nitrogens with two attached hydrogens (primary N) is 1. The molecule has 13 heavy (non-hydrogen) atoms. The van der Waals surface area contributed by atoms with Crippen molar-refractivity contribution in [1.29, 1.82) is 0 Å². The quantitative estimate of drug-likeness (QED) is 0.693. The first-order valence-electron chi connectivity index (χ1n) is 4.68. The molecule has 0 amide bonds. The monoisotopic (exact) mass is 177 g/mol. The van der Waals surface area contributed by atoms with E-state index in [2.05, 4.69) is 16.8 Å². The second kappa shape index (κ2) is 3.34. The maximum atomic E-state index is 5.85. The highest BCUT2D eigenvalue weighted by molar-refractivity contribution is 5.51. The summed E-state index contributed by atoms with van der Waals surface area (Å²) in [6.45, 7) is 4.14. The minimum absolute atomic E-state index is 0.333. The molecule has 0 aliphatic carbocycles. The fourth-order valence-electron chi connectivity index (χ4n) is 1.79. The lowest BCUT2D eigenvalue weighted by Crippen LogP contribution is -2.26. The summed E-state index contributed by atoms with van der Waals surface area (Å²) in [5, 5.41) is 0. The minimum Gasteiger partial charge on any atom is -0.368 e. The van der Waals surface area contributed by atoms with Gasteiger partial charge in [0.25, 0.3) is 0 Å². The molecule has 0 saturated carbocycles. The molecule has 2 rings (SSSR count). The molecule has 1 aliphatic heterocycles. The van der Waals surface area contributed by atoms with Gasteiger partial charge in [-0.2, -0.15) is 0 Å². The van der Waals surface area contributed by atoms with Gasteiger partial charge in [0.2, 0.25) is 0 Å². The van der Waals surface area contributed by atoms with Gasteiger partial charge in [-0.25, -0.2) is 0 Å². The molecule has 3 heteroatoms. The van der Waals surface area contributed by atoms with E-state index in [1.807, 2.05) is 18.5 Å². The Balaban J connectivity index is 2.21. The van der Waals surface area contributed by atoms with Crippen LogP contribution in [0.4, 0.5) is 5.69 Å². The number of nitrogens with zero attached hydrogens (tertiary/aromatic N) is 2. The van der Waals surface area contributed by atoms with Crippen molar-refractivity contribution >= 4 is 5.69 Å². The van der Waals surface area contributed by atoms with Crippen LogP contribution in [0.25, 0.3) is 0 Å². The third-order valence-electron chi connectivity index (χ3n) is 2.58. The van der Waals surface area contributed by atoms with Crippen molar-refractivity contribution in [1.82, 2.24) is 4.98 Å². The largest absolute Gasteiger partial charge is 0.368 e. The van der Waals surface area contributed by atoms with Crippen molar-refractivity contribution in [3.05, 3.63) is 24.0 Å². The van der Waals surface area contributed by atoms with Gasteiger partial charge in [0, 0.05) is 25.3 Å². The van der Waals surface area contributed by atoms with Gasteiger partial charge in [-0.1, -0.05) is 0 Å². The number of pyridine rings is 1. The smallest absolute Gasteiger partial charge is 0.0582 e. The van der Waals surface area contributed by atoms with Crippen molar-refractivity contribution in [3.63, 3.8) is 0 Å². The van der Waals surface area contributed by atoms with Crippen LogP contribution >= 0.6 is 0 Å². The first-order chi connectivity index (χ1) is 6.27. The zero-order valence-corrected chi connectivity index (χ0v) is 7.90. The zero-order valence-electron chi connectivity index (χ0n) is 7.90. The molecule has 2 N–H and O–H groups in total. The Morgan fingerprint density at radius 1 is 1.62 bits per heavy atom. The molecule has 1 fully saturated rings. The normalized spacial score (nSPS) is 22.3. The molecule has 0 aromatic carbocycles. The van der Waals surface area contributed by atoms with E-state index in [-0.39, 0.29) is 0 Å². The van der Waals surface area contributed by atoms with Gasteiger partial charge in [0.05, 0.1) is 11.9 Å². The van der Waals surface area contributed by atoms with Crippen LogP contribution < -0.4 is 10.6 Å². The molecule has 1 saturated heterocycles. The summed E-state index contributed by atoms with van der Waals surface area (Å²) in [4.78, 5) is 6.45. The topological polar surface area (TPSA) is 42.2 Å². The van der Waals surface area contributed by atoms with Crippen molar-refractivity contribution < 1.29 is 0 Å². The average Bonchev–Trinajstić information content (AvgIpc) is 2.53. The Hall–Kier alpha value is -1.09. The lowest BCUT2D eigenvalue weighted by molar-refractivity contribution is 0.752. The van der Waals surface area contributed by atoms with E-state index in [1.165, 1.54) is 11.3 Å². The van der Waals surface area contributed by atoms with Crippen LogP contribution in [-0.2, 0) is 0 Å². The second-order valence-corrected chi connectivity index (χ2v) is 3.66. The van der Waals surface area contributed by atoms with Gasteiger partial charge < -0.3 is 10.6 Å². The van der Waals surface area contributed by atoms with E-state index in [0.29, 0.717) is 6.04 Å². The molecule has 1 aliphatic rings. The maximum absolute atomic E-state index is 5.85. The average molecular weight is 177 g/mol. The van der Waals surface area contributed by atoms with Gasteiger partial charge in [-0.15, -0.1) is 0 Å². The van der Waals surface area contributed by atoms with E-state index >= 15 is 0 Å². The Labute approximate surface area is 78.6 Å². The van der Waals surface area contributed by atoms with Gasteiger partial charge in [-0.3, -0.25) is 4.98 Å². The number of hydrogen-bond acceptors (Lipinski definition) is 3. The summed E-state index contributed by atoms with van der Waals surface area (Å²) in [5.74, 6) is 0. The Morgan fingerprint density at radius 3 is 3.08 bits per heavy atom. The fourth-order valence-corrected chi connectivity index (χ4v) is 1.79. The molecule has 1 aromatic heterocycles. The molecule has 1 aromatic rings. The minimum atomic E-state index is 0.333. The van der Waals surface area contributed by atoms with Gasteiger partial charge in [0.15, 0.2) is 0 Å². The van der Waals surface area contributed by atoms with Crippen LogP contribution in [0.2, 0.25) is 0 Å². The summed E-state index contributed by atoms with van der Waals surface area (Å²) in [6.07, 6.45) is 4.84.